The van der Waals surface area contributed by atoms with E-state index in [2.05, 4.69) is 5.32 Å². The van der Waals surface area contributed by atoms with E-state index in [1.807, 2.05) is 13.8 Å². The van der Waals surface area contributed by atoms with E-state index in [4.69, 9.17) is 4.74 Å². The molecule has 1 N–H and O–H groups in total. The van der Waals surface area contributed by atoms with Crippen LogP contribution >= 0.6 is 0 Å². The average Bonchev–Trinajstić information content (AvgIpc) is 2.87. The molecule has 0 bridgehead atoms. The summed E-state index contributed by atoms with van der Waals surface area (Å²) in [5.74, 6) is -1.96. The van der Waals surface area contributed by atoms with E-state index in [1.54, 1.807) is 40.7 Å². The molecule has 0 heterocycles. The minimum absolute atomic E-state index is 0.0317. The third-order valence-corrected chi connectivity index (χ3v) is 7.56. The van der Waals surface area contributed by atoms with Crippen LogP contribution in [0.2, 0.25) is 0 Å². The van der Waals surface area contributed by atoms with Gasteiger partial charge < -0.3 is 15.0 Å². The molecule has 0 aliphatic rings. The highest BCUT2D eigenvalue weighted by Crippen LogP contribution is 2.37. The number of likely N-dealkylation sites (N-methyl/N-ethyl adjacent to an activating group) is 2. The lowest BCUT2D eigenvalue weighted by Crippen LogP contribution is -2.63. The van der Waals surface area contributed by atoms with E-state index in [9.17, 15) is 40.7 Å². The minimum atomic E-state index is -5.05. The van der Waals surface area contributed by atoms with Gasteiger partial charge in [0.2, 0.25) is 11.8 Å². The van der Waals surface area contributed by atoms with Gasteiger partial charge in [-0.1, -0.05) is 40.7 Å². The Labute approximate surface area is 256 Å². The lowest BCUT2D eigenvalue weighted by atomic mass is 9.83. The number of carbonyl (C=O) groups is 3. The summed E-state index contributed by atoms with van der Waals surface area (Å²) < 4.78 is 86.1. The molecule has 1 aromatic rings. The number of esters is 1. The number of halogens is 6. The fraction of sp³-hybridized carbons (Fsp3) is 0.645. The van der Waals surface area contributed by atoms with Crippen molar-refractivity contribution in [1.82, 2.24) is 15.1 Å². The van der Waals surface area contributed by atoms with Crippen LogP contribution in [0.25, 0.3) is 0 Å². The smallest absolute Gasteiger partial charge is 0.416 e. The monoisotopic (exact) mass is 637 g/mol. The molecule has 0 aliphatic carbocycles. The van der Waals surface area contributed by atoms with Crippen molar-refractivity contribution in [3.8, 4) is 0 Å². The van der Waals surface area contributed by atoms with Crippen molar-refractivity contribution in [2.75, 3.05) is 27.7 Å². The first-order valence-electron chi connectivity index (χ1n) is 14.2. The average molecular weight is 638 g/mol. The van der Waals surface area contributed by atoms with Gasteiger partial charge in [-0.05, 0) is 76.4 Å². The van der Waals surface area contributed by atoms with Gasteiger partial charge >= 0.3 is 18.3 Å². The number of nitrogens with one attached hydrogen (secondary N) is 1. The number of benzene rings is 1. The summed E-state index contributed by atoms with van der Waals surface area (Å²) in [7, 11) is 4.46. The number of carbonyl (C=O) groups excluding carboxylic acids is 3. The predicted octanol–water partition coefficient (Wildman–Crippen LogP) is 6.11. The summed E-state index contributed by atoms with van der Waals surface area (Å²) in [6.07, 6.45) is -9.00. The summed E-state index contributed by atoms with van der Waals surface area (Å²) in [5, 5.41) is 2.73. The summed E-state index contributed by atoms with van der Waals surface area (Å²) >= 11 is 0. The predicted molar refractivity (Wildman–Crippen MR) is 155 cm³/mol. The number of nitrogens with zero attached hydrogens (tertiary/aromatic N) is 2. The first-order valence-corrected chi connectivity index (χ1v) is 14.2. The van der Waals surface area contributed by atoms with Gasteiger partial charge in [-0.15, -0.1) is 0 Å². The molecule has 3 atom stereocenters. The van der Waals surface area contributed by atoms with Crippen molar-refractivity contribution in [3.63, 3.8) is 0 Å². The molecule has 44 heavy (non-hydrogen) atoms. The van der Waals surface area contributed by atoms with Crippen molar-refractivity contribution in [2.24, 2.45) is 11.3 Å². The molecule has 0 saturated heterocycles. The Morgan fingerprint density at radius 3 is 1.75 bits per heavy atom. The van der Waals surface area contributed by atoms with Crippen LogP contribution in [0, 0.1) is 11.3 Å². The molecule has 13 heteroatoms. The highest BCUT2D eigenvalue weighted by atomic mass is 19.4. The highest BCUT2D eigenvalue weighted by Gasteiger charge is 2.44. The number of amides is 2. The van der Waals surface area contributed by atoms with E-state index >= 15 is 0 Å². The fourth-order valence-electron chi connectivity index (χ4n) is 4.57. The van der Waals surface area contributed by atoms with E-state index in [0.29, 0.717) is 17.7 Å². The van der Waals surface area contributed by atoms with Crippen molar-refractivity contribution in [1.29, 1.82) is 0 Å². The van der Waals surface area contributed by atoms with E-state index in [0.717, 1.165) is 0 Å². The molecule has 0 aromatic heterocycles. The van der Waals surface area contributed by atoms with E-state index in [1.165, 1.54) is 37.9 Å². The van der Waals surface area contributed by atoms with Crippen LogP contribution in [0.4, 0.5) is 26.3 Å². The van der Waals surface area contributed by atoms with Gasteiger partial charge in [-0.2, -0.15) is 26.3 Å². The lowest BCUT2D eigenvalue weighted by Gasteiger charge is -2.41. The molecule has 250 valence electrons. The zero-order valence-electron chi connectivity index (χ0n) is 27.3. The molecular formula is C31H45F6N3O4. The summed E-state index contributed by atoms with van der Waals surface area (Å²) in [4.78, 5) is 42.8. The van der Waals surface area contributed by atoms with Gasteiger partial charge in [-0.3, -0.25) is 14.5 Å². The minimum Gasteiger partial charge on any atom is -0.463 e. The molecule has 0 aliphatic heterocycles. The van der Waals surface area contributed by atoms with Crippen molar-refractivity contribution >= 4 is 17.8 Å². The zero-order chi connectivity index (χ0) is 34.6. The first-order chi connectivity index (χ1) is 19.8. The lowest BCUT2D eigenvalue weighted by molar-refractivity contribution is -0.144. The quantitative estimate of drug-likeness (QED) is 0.180. The number of hydrogen-bond donors (Lipinski definition) is 1. The number of alkyl halides is 6. The molecule has 0 unspecified atom stereocenters. The Balaban J connectivity index is 3.55. The Hall–Kier alpha value is -3.09. The maximum atomic E-state index is 13.9. The van der Waals surface area contributed by atoms with Gasteiger partial charge in [0.15, 0.2) is 0 Å². The third kappa shape index (κ3) is 9.97. The molecule has 0 saturated carbocycles. The van der Waals surface area contributed by atoms with Crippen LogP contribution in [-0.4, -0.2) is 73.0 Å². The molecule has 1 aromatic carbocycles. The van der Waals surface area contributed by atoms with E-state index < -0.39 is 70.7 Å². The topological polar surface area (TPSA) is 79.0 Å². The fourth-order valence-corrected chi connectivity index (χ4v) is 4.57. The Bertz CT molecular complexity index is 1190. The molecule has 0 radical (unpaired) electrons. The van der Waals surface area contributed by atoms with Crippen molar-refractivity contribution in [2.45, 2.75) is 91.8 Å². The molecule has 7 nitrogen and oxygen atoms in total. The maximum absolute atomic E-state index is 13.9. The van der Waals surface area contributed by atoms with Crippen LogP contribution in [0.15, 0.2) is 29.8 Å². The summed E-state index contributed by atoms with van der Waals surface area (Å²) in [6.45, 7) is 13.6. The first kappa shape index (κ1) is 38.9. The van der Waals surface area contributed by atoms with Crippen LogP contribution in [0.3, 0.4) is 0 Å². The van der Waals surface area contributed by atoms with Crippen molar-refractivity contribution in [3.05, 3.63) is 46.5 Å². The molecule has 0 spiro atoms. The normalized spacial score (nSPS) is 15.9. The molecule has 1 rings (SSSR count). The molecular weight excluding hydrogens is 592 g/mol. The van der Waals surface area contributed by atoms with Gasteiger partial charge in [0, 0.05) is 12.6 Å². The largest absolute Gasteiger partial charge is 0.463 e. The van der Waals surface area contributed by atoms with Gasteiger partial charge in [-0.25, -0.2) is 4.79 Å². The van der Waals surface area contributed by atoms with Crippen LogP contribution in [0.5, 0.6) is 0 Å². The molecule has 0 fully saturated rings. The standard InChI is InChI=1S/C31H45F6N3O4/c1-12-44-26(42)19(4)13-23(18(2)3)40(11)25(41)24(28(5,6)7)38-27(43)29(8,39(9)10)17-20-14-21(30(32,33)34)16-22(15-20)31(35,36)37/h13-16,18,23-24H,12,17H2,1-11H3,(H,38,43)/b19-13+/t23-,24-,29-/m1/s1. The third-order valence-electron chi connectivity index (χ3n) is 7.56. The summed E-state index contributed by atoms with van der Waals surface area (Å²) in [5.41, 5.74) is -5.56. The Morgan fingerprint density at radius 2 is 1.39 bits per heavy atom. The summed E-state index contributed by atoms with van der Waals surface area (Å²) in [6, 6.07) is -0.501. The van der Waals surface area contributed by atoms with Crippen molar-refractivity contribution < 1.29 is 45.5 Å². The van der Waals surface area contributed by atoms with Gasteiger partial charge in [0.05, 0.1) is 23.8 Å². The Morgan fingerprint density at radius 1 is 0.909 bits per heavy atom. The number of ether oxygens (including phenoxy) is 1. The number of hydrogen-bond acceptors (Lipinski definition) is 5. The van der Waals surface area contributed by atoms with Crippen LogP contribution in [0.1, 0.15) is 72.1 Å². The zero-order valence-corrected chi connectivity index (χ0v) is 27.3. The van der Waals surface area contributed by atoms with Crippen LogP contribution < -0.4 is 5.32 Å². The van der Waals surface area contributed by atoms with Crippen LogP contribution in [-0.2, 0) is 37.9 Å². The SMILES string of the molecule is CCOC(=O)/C(C)=C/[C@H](C(C)C)N(C)C(=O)[C@@H](NC(=O)[C@@](C)(Cc1cc(C(F)(F)F)cc(C(F)(F)F)c1)N(C)C)C(C)(C)C. The molecule has 2 amide bonds. The second kappa shape index (κ2) is 14.3. The second-order valence-corrected chi connectivity index (χ2v) is 12.8. The van der Waals surface area contributed by atoms with E-state index in [-0.39, 0.29) is 24.2 Å². The number of rotatable bonds is 11. The van der Waals surface area contributed by atoms with Gasteiger partial charge in [0.25, 0.3) is 0 Å². The van der Waals surface area contributed by atoms with Gasteiger partial charge in [0.1, 0.15) is 11.6 Å². The maximum Gasteiger partial charge on any atom is 0.416 e. The highest BCUT2D eigenvalue weighted by molar-refractivity contribution is 5.93. The second-order valence-electron chi connectivity index (χ2n) is 12.8. The Kier molecular flexibility index (Phi) is 12.7.